The zero-order valence-corrected chi connectivity index (χ0v) is 16.3. The summed E-state index contributed by atoms with van der Waals surface area (Å²) in [5.41, 5.74) is 0. The van der Waals surface area contributed by atoms with Crippen LogP contribution in [0.2, 0.25) is 0 Å². The smallest absolute Gasteiger partial charge is 0.320 e. The van der Waals surface area contributed by atoms with E-state index >= 15 is 0 Å². The highest BCUT2D eigenvalue weighted by molar-refractivity contribution is 7.45. The van der Waals surface area contributed by atoms with E-state index in [9.17, 15) is 4.79 Å². The SMILES string of the molecule is CCOC(=O)CNP(OCC(CC)OC)Oc1cccc2ccccc12. The average molecular weight is 379 g/mol. The van der Waals surface area contributed by atoms with Crippen LogP contribution in [0.3, 0.4) is 0 Å². The van der Waals surface area contributed by atoms with Gasteiger partial charge in [-0.3, -0.25) is 4.79 Å². The molecule has 6 nitrogen and oxygen atoms in total. The van der Waals surface area contributed by atoms with Crippen molar-refractivity contribution in [3.63, 3.8) is 0 Å². The summed E-state index contributed by atoms with van der Waals surface area (Å²) in [4.78, 5) is 11.7. The molecule has 0 aliphatic carbocycles. The van der Waals surface area contributed by atoms with Crippen molar-refractivity contribution >= 4 is 25.3 Å². The van der Waals surface area contributed by atoms with Crippen LogP contribution in [0.5, 0.6) is 5.75 Å². The highest BCUT2D eigenvalue weighted by Crippen LogP contribution is 2.39. The lowest BCUT2D eigenvalue weighted by Crippen LogP contribution is -2.25. The van der Waals surface area contributed by atoms with Gasteiger partial charge in [-0.1, -0.05) is 43.3 Å². The number of hydrogen-bond acceptors (Lipinski definition) is 6. The monoisotopic (exact) mass is 379 g/mol. The zero-order valence-electron chi connectivity index (χ0n) is 15.4. The second kappa shape index (κ2) is 11.1. The molecule has 142 valence electrons. The van der Waals surface area contributed by atoms with Crippen molar-refractivity contribution in [2.45, 2.75) is 26.4 Å². The Morgan fingerprint density at radius 2 is 1.92 bits per heavy atom. The Hall–Kier alpha value is -1.72. The fourth-order valence-electron chi connectivity index (χ4n) is 2.31. The molecule has 1 N–H and O–H groups in total. The van der Waals surface area contributed by atoms with E-state index in [0.717, 1.165) is 17.2 Å². The van der Waals surface area contributed by atoms with E-state index in [-0.39, 0.29) is 18.6 Å². The van der Waals surface area contributed by atoms with Crippen molar-refractivity contribution in [3.8, 4) is 5.75 Å². The average Bonchev–Trinajstić information content (AvgIpc) is 2.67. The topological polar surface area (TPSA) is 66.0 Å². The summed E-state index contributed by atoms with van der Waals surface area (Å²) >= 11 is 0. The van der Waals surface area contributed by atoms with Crippen molar-refractivity contribution in [2.75, 3.05) is 26.9 Å². The van der Waals surface area contributed by atoms with Gasteiger partial charge in [-0.15, -0.1) is 0 Å². The first-order valence-electron chi connectivity index (χ1n) is 8.68. The maximum atomic E-state index is 11.7. The van der Waals surface area contributed by atoms with Crippen molar-refractivity contribution in [3.05, 3.63) is 42.5 Å². The van der Waals surface area contributed by atoms with Crippen LogP contribution < -0.4 is 9.61 Å². The molecular weight excluding hydrogens is 353 g/mol. The molecule has 2 aromatic carbocycles. The number of carbonyl (C=O) groups is 1. The van der Waals surface area contributed by atoms with Gasteiger partial charge < -0.3 is 18.5 Å². The van der Waals surface area contributed by atoms with Gasteiger partial charge in [0.2, 0.25) is 0 Å². The van der Waals surface area contributed by atoms with Gasteiger partial charge in [0.05, 0.1) is 19.3 Å². The molecule has 0 heterocycles. The van der Waals surface area contributed by atoms with E-state index in [1.54, 1.807) is 14.0 Å². The Morgan fingerprint density at radius 3 is 2.65 bits per heavy atom. The lowest BCUT2D eigenvalue weighted by atomic mass is 10.1. The van der Waals surface area contributed by atoms with Crippen molar-refractivity contribution in [1.82, 2.24) is 5.09 Å². The van der Waals surface area contributed by atoms with Crippen LogP contribution in [0.1, 0.15) is 20.3 Å². The largest absolute Gasteiger partial charge is 0.465 e. The molecule has 0 saturated heterocycles. The highest BCUT2D eigenvalue weighted by atomic mass is 31.2. The molecule has 0 amide bonds. The predicted octanol–water partition coefficient (Wildman–Crippen LogP) is 4.04. The summed E-state index contributed by atoms with van der Waals surface area (Å²) in [7, 11) is 0.122. The Kier molecular flexibility index (Phi) is 8.78. The molecular formula is C19H26NO5P. The van der Waals surface area contributed by atoms with E-state index in [1.807, 2.05) is 49.4 Å². The van der Waals surface area contributed by atoms with Crippen LogP contribution in [-0.4, -0.2) is 38.9 Å². The lowest BCUT2D eigenvalue weighted by Gasteiger charge is -2.21. The number of fused-ring (bicyclic) bond motifs is 1. The number of carbonyl (C=O) groups excluding carboxylic acids is 1. The standard InChI is InChI=1S/C19H26NO5P/c1-4-16(22-3)14-24-26(20-13-19(21)23-5-2)25-18-12-8-10-15-9-6-7-11-17(15)18/h6-12,16,20H,4-5,13-14H2,1-3H3. The fourth-order valence-corrected chi connectivity index (χ4v) is 3.42. The second-order valence-electron chi connectivity index (χ2n) is 5.53. The summed E-state index contributed by atoms with van der Waals surface area (Å²) in [6.45, 7) is 4.53. The third kappa shape index (κ3) is 6.22. The molecule has 0 aliphatic rings. The van der Waals surface area contributed by atoms with Crippen LogP contribution in [0.15, 0.2) is 42.5 Å². The van der Waals surface area contributed by atoms with Gasteiger partial charge in [-0.2, -0.15) is 0 Å². The van der Waals surface area contributed by atoms with Crippen LogP contribution in [-0.2, 0) is 18.8 Å². The quantitative estimate of drug-likeness (QED) is 0.470. The Bertz CT molecular complexity index is 687. The minimum Gasteiger partial charge on any atom is -0.465 e. The second-order valence-corrected chi connectivity index (χ2v) is 6.80. The van der Waals surface area contributed by atoms with Crippen molar-refractivity contribution < 1.29 is 23.3 Å². The lowest BCUT2D eigenvalue weighted by molar-refractivity contribution is -0.141. The zero-order chi connectivity index (χ0) is 18.8. The minimum absolute atomic E-state index is 0.0219. The van der Waals surface area contributed by atoms with E-state index in [2.05, 4.69) is 5.09 Å². The van der Waals surface area contributed by atoms with Gasteiger partial charge in [0.25, 0.3) is 0 Å². The van der Waals surface area contributed by atoms with Gasteiger partial charge in [0.1, 0.15) is 12.3 Å². The normalized spacial score (nSPS) is 13.3. The third-order valence-corrected chi connectivity index (χ3v) is 4.92. The summed E-state index contributed by atoms with van der Waals surface area (Å²) in [6.07, 6.45) is 0.798. The number of methoxy groups -OCH3 is 1. The number of nitrogens with one attached hydrogen (secondary N) is 1. The molecule has 2 unspecified atom stereocenters. The molecule has 7 heteroatoms. The van der Waals surface area contributed by atoms with Gasteiger partial charge in [-0.25, -0.2) is 5.09 Å². The highest BCUT2D eigenvalue weighted by Gasteiger charge is 2.18. The Balaban J connectivity index is 2.09. The van der Waals surface area contributed by atoms with Crippen LogP contribution in [0.25, 0.3) is 10.8 Å². The number of esters is 1. The van der Waals surface area contributed by atoms with Crippen LogP contribution in [0, 0.1) is 0 Å². The van der Waals surface area contributed by atoms with Gasteiger partial charge in [-0.05, 0) is 24.8 Å². The summed E-state index contributed by atoms with van der Waals surface area (Å²) in [5, 5.41) is 5.08. The third-order valence-electron chi connectivity index (χ3n) is 3.76. The van der Waals surface area contributed by atoms with E-state index in [4.69, 9.17) is 18.5 Å². The maximum absolute atomic E-state index is 11.7. The van der Waals surface area contributed by atoms with Crippen LogP contribution in [0.4, 0.5) is 0 Å². The molecule has 2 aromatic rings. The number of ether oxygens (including phenoxy) is 2. The predicted molar refractivity (Wildman–Crippen MR) is 103 cm³/mol. The van der Waals surface area contributed by atoms with Gasteiger partial charge >= 0.3 is 14.5 Å². The van der Waals surface area contributed by atoms with Gasteiger partial charge in [0.15, 0.2) is 0 Å². The number of benzene rings is 2. The summed E-state index contributed by atoms with van der Waals surface area (Å²) in [6, 6.07) is 13.8. The minimum atomic E-state index is -1.53. The molecule has 0 saturated carbocycles. The first kappa shape index (κ1) is 20.6. The van der Waals surface area contributed by atoms with E-state index < -0.39 is 8.53 Å². The van der Waals surface area contributed by atoms with Gasteiger partial charge in [0, 0.05) is 12.5 Å². The molecule has 0 bridgehead atoms. The number of rotatable bonds is 11. The fraction of sp³-hybridized carbons (Fsp3) is 0.421. The van der Waals surface area contributed by atoms with Crippen LogP contribution >= 0.6 is 8.53 Å². The number of hydrogen-bond donors (Lipinski definition) is 1. The Labute approximate surface area is 155 Å². The first-order valence-corrected chi connectivity index (χ1v) is 9.86. The molecule has 0 aliphatic heterocycles. The molecule has 2 rings (SSSR count). The molecule has 0 radical (unpaired) electrons. The first-order chi connectivity index (χ1) is 12.7. The molecule has 0 aromatic heterocycles. The molecule has 2 atom stereocenters. The van der Waals surface area contributed by atoms with E-state index in [1.165, 1.54) is 0 Å². The Morgan fingerprint density at radius 1 is 1.15 bits per heavy atom. The van der Waals surface area contributed by atoms with Crippen molar-refractivity contribution in [2.24, 2.45) is 0 Å². The summed E-state index contributed by atoms with van der Waals surface area (Å²) < 4.78 is 22.2. The molecule has 26 heavy (non-hydrogen) atoms. The van der Waals surface area contributed by atoms with E-state index in [0.29, 0.717) is 19.0 Å². The van der Waals surface area contributed by atoms with Crippen molar-refractivity contribution in [1.29, 1.82) is 0 Å². The maximum Gasteiger partial charge on any atom is 0.320 e. The summed E-state index contributed by atoms with van der Waals surface area (Å²) in [5.74, 6) is 0.361. The molecule has 0 spiro atoms. The molecule has 0 fully saturated rings.